The van der Waals surface area contributed by atoms with Crippen molar-refractivity contribution in [3.8, 4) is 5.75 Å². The van der Waals surface area contributed by atoms with E-state index in [1.165, 1.54) is 10.4 Å². The molecule has 1 saturated heterocycles. The number of amides is 1. The zero-order valence-corrected chi connectivity index (χ0v) is 18.5. The molecular weight excluding hydrogens is 400 g/mol. The summed E-state index contributed by atoms with van der Waals surface area (Å²) in [5, 5.41) is 2.80. The highest BCUT2D eigenvalue weighted by atomic mass is 32.2. The molecule has 0 aromatic heterocycles. The molecular formula is C23H30N2O4S. The van der Waals surface area contributed by atoms with Gasteiger partial charge in [-0.05, 0) is 62.1 Å². The average molecular weight is 431 g/mol. The van der Waals surface area contributed by atoms with Gasteiger partial charge in [0.15, 0.2) is 0 Å². The van der Waals surface area contributed by atoms with E-state index in [9.17, 15) is 13.2 Å². The molecule has 0 saturated carbocycles. The third-order valence-electron chi connectivity index (χ3n) is 5.29. The van der Waals surface area contributed by atoms with E-state index in [0.29, 0.717) is 31.8 Å². The monoisotopic (exact) mass is 430 g/mol. The summed E-state index contributed by atoms with van der Waals surface area (Å²) in [5.41, 5.74) is 2.48. The molecule has 1 heterocycles. The van der Waals surface area contributed by atoms with Crippen LogP contribution in [0.3, 0.4) is 0 Å². The normalized spacial score (nSPS) is 15.4. The fraction of sp³-hybridized carbons (Fsp3) is 0.435. The molecule has 30 heavy (non-hydrogen) atoms. The summed E-state index contributed by atoms with van der Waals surface area (Å²) in [6.07, 6.45) is 3.86. The fourth-order valence-corrected chi connectivity index (χ4v) is 5.08. The van der Waals surface area contributed by atoms with Gasteiger partial charge in [0.25, 0.3) is 5.91 Å². The highest BCUT2D eigenvalue weighted by molar-refractivity contribution is 7.89. The Hall–Kier alpha value is -2.38. The molecule has 0 spiro atoms. The summed E-state index contributed by atoms with van der Waals surface area (Å²) in [4.78, 5) is 12.7. The maximum atomic E-state index is 13.0. The molecule has 1 amide bonds. The third-order valence-corrected chi connectivity index (χ3v) is 7.18. The molecule has 2 aromatic carbocycles. The first-order valence-corrected chi connectivity index (χ1v) is 11.9. The van der Waals surface area contributed by atoms with Crippen molar-refractivity contribution in [3.05, 3.63) is 59.2 Å². The number of aryl methyl sites for hydroxylation is 2. The van der Waals surface area contributed by atoms with E-state index in [-0.39, 0.29) is 10.8 Å². The Morgan fingerprint density at radius 2 is 1.77 bits per heavy atom. The molecule has 0 radical (unpaired) electrons. The molecule has 0 bridgehead atoms. The minimum Gasteiger partial charge on any atom is -0.491 e. The summed E-state index contributed by atoms with van der Waals surface area (Å²) in [5.74, 6) is 0.488. The predicted molar refractivity (Wildman–Crippen MR) is 117 cm³/mol. The SMILES string of the molecule is Cc1ccc(C)c(OCCNC(=O)c2cccc(S(=O)(=O)N3CCCCCC3)c2)c1. The molecule has 7 heteroatoms. The molecule has 6 nitrogen and oxygen atoms in total. The van der Waals surface area contributed by atoms with Crippen LogP contribution in [-0.2, 0) is 10.0 Å². The quantitative estimate of drug-likeness (QED) is 0.680. The van der Waals surface area contributed by atoms with Crippen LogP contribution in [0.4, 0.5) is 0 Å². The largest absolute Gasteiger partial charge is 0.491 e. The van der Waals surface area contributed by atoms with Crippen LogP contribution >= 0.6 is 0 Å². The van der Waals surface area contributed by atoms with E-state index >= 15 is 0 Å². The van der Waals surface area contributed by atoms with Gasteiger partial charge in [-0.2, -0.15) is 4.31 Å². The first-order valence-electron chi connectivity index (χ1n) is 10.5. The van der Waals surface area contributed by atoms with Crippen LogP contribution in [0.5, 0.6) is 5.75 Å². The van der Waals surface area contributed by atoms with Crippen molar-refractivity contribution >= 4 is 15.9 Å². The van der Waals surface area contributed by atoms with E-state index in [1.807, 2.05) is 32.0 Å². The number of sulfonamides is 1. The van der Waals surface area contributed by atoms with Crippen LogP contribution in [0.1, 0.15) is 47.2 Å². The predicted octanol–water partition coefficient (Wildman–Crippen LogP) is 3.68. The van der Waals surface area contributed by atoms with Gasteiger partial charge in [0, 0.05) is 18.7 Å². The van der Waals surface area contributed by atoms with E-state index in [4.69, 9.17) is 4.74 Å². The van der Waals surface area contributed by atoms with Gasteiger partial charge in [-0.25, -0.2) is 8.42 Å². The Morgan fingerprint density at radius 1 is 1.03 bits per heavy atom. The summed E-state index contributed by atoms with van der Waals surface area (Å²) < 4.78 is 33.2. The van der Waals surface area contributed by atoms with Crippen LogP contribution in [-0.4, -0.2) is 44.9 Å². The second kappa shape index (κ2) is 10.1. The lowest BCUT2D eigenvalue weighted by Gasteiger charge is -2.20. The van der Waals surface area contributed by atoms with E-state index in [0.717, 1.165) is 42.6 Å². The minimum atomic E-state index is -3.58. The standard InChI is InChI=1S/C23H30N2O4S/c1-18-10-11-19(2)22(16-18)29-15-12-24-23(26)20-8-7-9-21(17-20)30(27,28)25-13-5-3-4-6-14-25/h7-11,16-17H,3-6,12-15H2,1-2H3,(H,24,26). The topological polar surface area (TPSA) is 75.7 Å². The van der Waals surface area contributed by atoms with Gasteiger partial charge < -0.3 is 10.1 Å². The zero-order chi connectivity index (χ0) is 21.6. The number of hydrogen-bond donors (Lipinski definition) is 1. The number of hydrogen-bond acceptors (Lipinski definition) is 4. The highest BCUT2D eigenvalue weighted by Gasteiger charge is 2.25. The lowest BCUT2D eigenvalue weighted by Crippen LogP contribution is -2.32. The number of rotatable bonds is 7. The van der Waals surface area contributed by atoms with Crippen molar-refractivity contribution in [2.24, 2.45) is 0 Å². The maximum Gasteiger partial charge on any atom is 0.251 e. The number of carbonyl (C=O) groups is 1. The summed E-state index contributed by atoms with van der Waals surface area (Å²) >= 11 is 0. The van der Waals surface area contributed by atoms with Crippen LogP contribution in [0.15, 0.2) is 47.4 Å². The second-order valence-electron chi connectivity index (χ2n) is 7.72. The van der Waals surface area contributed by atoms with Crippen LogP contribution in [0.2, 0.25) is 0 Å². The van der Waals surface area contributed by atoms with Gasteiger partial charge in [0.2, 0.25) is 10.0 Å². The Labute approximate surface area is 179 Å². The number of ether oxygens (including phenoxy) is 1. The van der Waals surface area contributed by atoms with E-state index < -0.39 is 10.0 Å². The van der Waals surface area contributed by atoms with Crippen LogP contribution < -0.4 is 10.1 Å². The van der Waals surface area contributed by atoms with Gasteiger partial charge in [0.1, 0.15) is 12.4 Å². The average Bonchev–Trinajstić information content (AvgIpc) is 3.03. The number of nitrogens with zero attached hydrogens (tertiary/aromatic N) is 1. The highest BCUT2D eigenvalue weighted by Crippen LogP contribution is 2.21. The Balaban J connectivity index is 1.59. The van der Waals surface area contributed by atoms with Gasteiger partial charge >= 0.3 is 0 Å². The van der Waals surface area contributed by atoms with Gasteiger partial charge in [-0.1, -0.05) is 31.0 Å². The summed E-state index contributed by atoms with van der Waals surface area (Å²) in [6.45, 7) is 5.71. The summed E-state index contributed by atoms with van der Waals surface area (Å²) in [7, 11) is -3.58. The molecule has 0 unspecified atom stereocenters. The smallest absolute Gasteiger partial charge is 0.251 e. The zero-order valence-electron chi connectivity index (χ0n) is 17.7. The molecule has 1 aliphatic rings. The van der Waals surface area contributed by atoms with E-state index in [2.05, 4.69) is 5.32 Å². The molecule has 1 aliphatic heterocycles. The Morgan fingerprint density at radius 3 is 2.50 bits per heavy atom. The van der Waals surface area contributed by atoms with Crippen molar-refractivity contribution in [3.63, 3.8) is 0 Å². The van der Waals surface area contributed by atoms with Crippen molar-refractivity contribution in [1.82, 2.24) is 9.62 Å². The first kappa shape index (κ1) is 22.3. The lowest BCUT2D eigenvalue weighted by atomic mass is 10.1. The fourth-order valence-electron chi connectivity index (χ4n) is 3.52. The molecule has 0 atom stereocenters. The molecule has 0 aliphatic carbocycles. The van der Waals surface area contributed by atoms with Crippen LogP contribution in [0, 0.1) is 13.8 Å². The minimum absolute atomic E-state index is 0.170. The van der Waals surface area contributed by atoms with Crippen molar-refractivity contribution in [2.45, 2.75) is 44.4 Å². The number of benzene rings is 2. The molecule has 1 fully saturated rings. The van der Waals surface area contributed by atoms with Crippen molar-refractivity contribution in [1.29, 1.82) is 0 Å². The lowest BCUT2D eigenvalue weighted by molar-refractivity contribution is 0.0946. The van der Waals surface area contributed by atoms with Gasteiger partial charge in [-0.3, -0.25) is 4.79 Å². The van der Waals surface area contributed by atoms with Gasteiger partial charge in [-0.15, -0.1) is 0 Å². The van der Waals surface area contributed by atoms with Crippen molar-refractivity contribution in [2.75, 3.05) is 26.2 Å². The Kier molecular flexibility index (Phi) is 7.50. The summed E-state index contributed by atoms with van der Waals surface area (Å²) in [6, 6.07) is 12.3. The van der Waals surface area contributed by atoms with Crippen LogP contribution in [0.25, 0.3) is 0 Å². The molecule has 1 N–H and O–H groups in total. The number of carbonyl (C=O) groups excluding carboxylic acids is 1. The Bertz CT molecular complexity index is 980. The molecule has 3 rings (SSSR count). The van der Waals surface area contributed by atoms with E-state index in [1.54, 1.807) is 18.2 Å². The first-order chi connectivity index (χ1) is 14.4. The second-order valence-corrected chi connectivity index (χ2v) is 9.66. The maximum absolute atomic E-state index is 13.0. The van der Waals surface area contributed by atoms with Gasteiger partial charge in [0.05, 0.1) is 11.4 Å². The molecule has 2 aromatic rings. The number of nitrogens with one attached hydrogen (secondary N) is 1. The molecule has 162 valence electrons. The third kappa shape index (κ3) is 5.61. The van der Waals surface area contributed by atoms with Crippen molar-refractivity contribution < 1.29 is 17.9 Å².